The second kappa shape index (κ2) is 9.76. The molecule has 1 atom stereocenters. The van der Waals surface area contributed by atoms with Crippen LogP contribution in [0.1, 0.15) is 30.5 Å². The first-order chi connectivity index (χ1) is 13.7. The Kier molecular flexibility index (Phi) is 7.64. The predicted molar refractivity (Wildman–Crippen MR) is 112 cm³/mol. The molecule has 7 nitrogen and oxygen atoms in total. The molecule has 0 aliphatic heterocycles. The molecular formula is C21H28N2O5S. The van der Waals surface area contributed by atoms with E-state index in [1.165, 1.54) is 39.5 Å². The zero-order valence-electron chi connectivity index (χ0n) is 17.4. The van der Waals surface area contributed by atoms with Crippen molar-refractivity contribution in [3.63, 3.8) is 0 Å². The van der Waals surface area contributed by atoms with Crippen LogP contribution in [0.15, 0.2) is 47.4 Å². The Bertz CT molecular complexity index is 942. The third kappa shape index (κ3) is 5.48. The molecule has 1 amide bonds. The van der Waals surface area contributed by atoms with E-state index in [-0.39, 0.29) is 23.4 Å². The molecule has 2 rings (SSSR count). The summed E-state index contributed by atoms with van der Waals surface area (Å²) >= 11 is 0. The Balaban J connectivity index is 2.12. The van der Waals surface area contributed by atoms with Crippen LogP contribution in [-0.2, 0) is 14.8 Å². The van der Waals surface area contributed by atoms with Crippen LogP contribution in [-0.4, -0.2) is 46.4 Å². The highest BCUT2D eigenvalue weighted by Gasteiger charge is 2.25. The molecule has 0 bridgehead atoms. The standard InChI is InChI=1S/C21H28N2O5S/c1-6-18(16-9-7-15(2)8-10-16)22-21(24)14-23(3)29(25,26)17-11-12-19(27-4)20(13-17)28-5/h7-13,18H,6,14H2,1-5H3,(H,22,24)/t18-/m0/s1. The van der Waals surface area contributed by atoms with E-state index in [1.807, 2.05) is 38.1 Å². The molecule has 0 aliphatic carbocycles. The topological polar surface area (TPSA) is 84.9 Å². The fourth-order valence-corrected chi connectivity index (χ4v) is 4.05. The van der Waals surface area contributed by atoms with Crippen molar-refractivity contribution < 1.29 is 22.7 Å². The molecule has 1 N–H and O–H groups in total. The fourth-order valence-electron chi connectivity index (χ4n) is 2.90. The van der Waals surface area contributed by atoms with Crippen molar-refractivity contribution in [2.24, 2.45) is 0 Å². The van der Waals surface area contributed by atoms with Crippen LogP contribution in [0.2, 0.25) is 0 Å². The summed E-state index contributed by atoms with van der Waals surface area (Å²) in [5.74, 6) is 0.358. The third-order valence-electron chi connectivity index (χ3n) is 4.65. The molecule has 0 aromatic heterocycles. The minimum Gasteiger partial charge on any atom is -0.493 e. The molecule has 0 heterocycles. The van der Waals surface area contributed by atoms with E-state index in [1.54, 1.807) is 0 Å². The van der Waals surface area contributed by atoms with E-state index in [0.717, 1.165) is 15.4 Å². The van der Waals surface area contributed by atoms with Gasteiger partial charge in [0.2, 0.25) is 15.9 Å². The molecule has 29 heavy (non-hydrogen) atoms. The van der Waals surface area contributed by atoms with Gasteiger partial charge in [0, 0.05) is 13.1 Å². The van der Waals surface area contributed by atoms with Crippen LogP contribution >= 0.6 is 0 Å². The van der Waals surface area contributed by atoms with Gasteiger partial charge in [-0.1, -0.05) is 36.8 Å². The number of ether oxygens (including phenoxy) is 2. The van der Waals surface area contributed by atoms with Gasteiger partial charge < -0.3 is 14.8 Å². The number of benzene rings is 2. The summed E-state index contributed by atoms with van der Waals surface area (Å²) in [5.41, 5.74) is 2.12. The smallest absolute Gasteiger partial charge is 0.243 e. The van der Waals surface area contributed by atoms with Crippen LogP contribution in [0.3, 0.4) is 0 Å². The number of amides is 1. The quantitative estimate of drug-likeness (QED) is 0.674. The molecule has 8 heteroatoms. The van der Waals surface area contributed by atoms with Crippen LogP contribution in [0.25, 0.3) is 0 Å². The number of nitrogens with zero attached hydrogens (tertiary/aromatic N) is 1. The number of hydrogen-bond donors (Lipinski definition) is 1. The maximum atomic E-state index is 12.8. The highest BCUT2D eigenvalue weighted by atomic mass is 32.2. The molecule has 0 fully saturated rings. The number of nitrogens with one attached hydrogen (secondary N) is 1. The SMILES string of the molecule is CC[C@H](NC(=O)CN(C)S(=O)(=O)c1ccc(OC)c(OC)c1)c1ccc(C)cc1. The third-order valence-corrected chi connectivity index (χ3v) is 6.45. The Morgan fingerprint density at radius 3 is 2.24 bits per heavy atom. The van der Waals surface area contributed by atoms with Crippen molar-refractivity contribution in [1.29, 1.82) is 0 Å². The normalized spacial score (nSPS) is 12.5. The highest BCUT2D eigenvalue weighted by Crippen LogP contribution is 2.30. The Morgan fingerprint density at radius 1 is 1.07 bits per heavy atom. The van der Waals surface area contributed by atoms with E-state index in [0.29, 0.717) is 17.9 Å². The van der Waals surface area contributed by atoms with E-state index >= 15 is 0 Å². The van der Waals surface area contributed by atoms with Crippen molar-refractivity contribution >= 4 is 15.9 Å². The second-order valence-electron chi connectivity index (χ2n) is 6.72. The van der Waals surface area contributed by atoms with Crippen molar-refractivity contribution in [2.75, 3.05) is 27.8 Å². The first-order valence-electron chi connectivity index (χ1n) is 9.27. The van der Waals surface area contributed by atoms with Gasteiger partial charge in [-0.3, -0.25) is 4.79 Å². The van der Waals surface area contributed by atoms with Gasteiger partial charge in [-0.15, -0.1) is 0 Å². The van der Waals surface area contributed by atoms with Gasteiger partial charge in [-0.25, -0.2) is 8.42 Å². The van der Waals surface area contributed by atoms with Gasteiger partial charge in [0.25, 0.3) is 0 Å². The van der Waals surface area contributed by atoms with Crippen molar-refractivity contribution in [3.05, 3.63) is 53.6 Å². The minimum atomic E-state index is -3.87. The molecule has 0 unspecified atom stereocenters. The number of rotatable bonds is 9. The monoisotopic (exact) mass is 420 g/mol. The highest BCUT2D eigenvalue weighted by molar-refractivity contribution is 7.89. The number of carbonyl (C=O) groups excluding carboxylic acids is 1. The van der Waals surface area contributed by atoms with Gasteiger partial charge >= 0.3 is 0 Å². The van der Waals surface area contributed by atoms with E-state index in [2.05, 4.69) is 5.32 Å². The summed E-state index contributed by atoms with van der Waals surface area (Å²) in [6.07, 6.45) is 0.695. The summed E-state index contributed by atoms with van der Waals surface area (Å²) < 4.78 is 37.0. The number of carbonyl (C=O) groups is 1. The molecule has 0 spiro atoms. The fraction of sp³-hybridized carbons (Fsp3) is 0.381. The van der Waals surface area contributed by atoms with E-state index < -0.39 is 10.0 Å². The maximum Gasteiger partial charge on any atom is 0.243 e. The van der Waals surface area contributed by atoms with Gasteiger partial charge in [-0.05, 0) is 31.0 Å². The van der Waals surface area contributed by atoms with E-state index in [9.17, 15) is 13.2 Å². The Labute approximate surface area is 172 Å². The first kappa shape index (κ1) is 22.7. The zero-order chi connectivity index (χ0) is 21.6. The van der Waals surface area contributed by atoms with Gasteiger partial charge in [0.15, 0.2) is 11.5 Å². The van der Waals surface area contributed by atoms with Crippen molar-refractivity contribution in [3.8, 4) is 11.5 Å². The van der Waals surface area contributed by atoms with Gasteiger partial charge in [-0.2, -0.15) is 4.31 Å². The van der Waals surface area contributed by atoms with Gasteiger partial charge in [0.1, 0.15) is 0 Å². The Hall–Kier alpha value is -2.58. The lowest BCUT2D eigenvalue weighted by atomic mass is 10.0. The van der Waals surface area contributed by atoms with Crippen LogP contribution in [0, 0.1) is 6.92 Å². The lowest BCUT2D eigenvalue weighted by molar-refractivity contribution is -0.121. The average Bonchev–Trinajstić information content (AvgIpc) is 2.71. The molecule has 0 saturated carbocycles. The lowest BCUT2D eigenvalue weighted by Gasteiger charge is -2.21. The van der Waals surface area contributed by atoms with Crippen LogP contribution in [0.4, 0.5) is 0 Å². The van der Waals surface area contributed by atoms with Gasteiger partial charge in [0.05, 0.1) is 31.7 Å². The summed E-state index contributed by atoms with van der Waals surface area (Å²) in [6.45, 7) is 3.67. The number of likely N-dealkylation sites (N-methyl/N-ethyl adjacent to an activating group) is 1. The number of methoxy groups -OCH3 is 2. The molecule has 2 aromatic rings. The number of aryl methyl sites for hydroxylation is 1. The average molecular weight is 421 g/mol. The van der Waals surface area contributed by atoms with Crippen molar-refractivity contribution in [1.82, 2.24) is 9.62 Å². The van der Waals surface area contributed by atoms with Crippen LogP contribution < -0.4 is 14.8 Å². The first-order valence-corrected chi connectivity index (χ1v) is 10.7. The number of hydrogen-bond acceptors (Lipinski definition) is 5. The summed E-state index contributed by atoms with van der Waals surface area (Å²) in [4.78, 5) is 12.5. The lowest BCUT2D eigenvalue weighted by Crippen LogP contribution is -2.39. The summed E-state index contributed by atoms with van der Waals surface area (Å²) in [7, 11) is 0.411. The van der Waals surface area contributed by atoms with E-state index in [4.69, 9.17) is 9.47 Å². The zero-order valence-corrected chi connectivity index (χ0v) is 18.2. The second-order valence-corrected chi connectivity index (χ2v) is 8.76. The minimum absolute atomic E-state index is 0.0241. The molecule has 0 radical (unpaired) electrons. The molecule has 0 saturated heterocycles. The molecule has 2 aromatic carbocycles. The van der Waals surface area contributed by atoms with Crippen molar-refractivity contribution in [2.45, 2.75) is 31.2 Å². The maximum absolute atomic E-state index is 12.8. The predicted octanol–water partition coefficient (Wildman–Crippen LogP) is 2.90. The largest absolute Gasteiger partial charge is 0.493 e. The number of sulfonamides is 1. The van der Waals surface area contributed by atoms with Crippen LogP contribution in [0.5, 0.6) is 11.5 Å². The molecule has 0 aliphatic rings. The molecular weight excluding hydrogens is 392 g/mol. The summed E-state index contributed by atoms with van der Waals surface area (Å²) in [5, 5.41) is 2.91. The Morgan fingerprint density at radius 2 is 1.69 bits per heavy atom. The molecule has 158 valence electrons. The summed E-state index contributed by atoms with van der Waals surface area (Å²) in [6, 6.07) is 12.0.